The van der Waals surface area contributed by atoms with Gasteiger partial charge in [-0.05, 0) is 60.9 Å². The van der Waals surface area contributed by atoms with E-state index in [0.717, 1.165) is 16.3 Å². The molecule has 0 spiro atoms. The fourth-order valence-electron chi connectivity index (χ4n) is 4.17. The molecule has 0 unspecified atom stereocenters. The molecule has 214 valence electrons. The summed E-state index contributed by atoms with van der Waals surface area (Å²) in [6.07, 6.45) is 1.04. The molecule has 0 aliphatic carbocycles. The number of methoxy groups -OCH3 is 1. The Balaban J connectivity index is 2.08. The predicted molar refractivity (Wildman–Crippen MR) is 158 cm³/mol. The second-order valence-corrected chi connectivity index (χ2v) is 11.7. The van der Waals surface area contributed by atoms with Gasteiger partial charge in [0.25, 0.3) is 10.0 Å². The van der Waals surface area contributed by atoms with E-state index >= 15 is 0 Å². The van der Waals surface area contributed by atoms with Crippen LogP contribution in [0, 0.1) is 0 Å². The minimum atomic E-state index is -4.23. The average molecular weight is 607 g/mol. The summed E-state index contributed by atoms with van der Waals surface area (Å²) < 4.78 is 34.0. The Morgan fingerprint density at radius 3 is 2.33 bits per heavy atom. The van der Waals surface area contributed by atoms with Crippen molar-refractivity contribution in [3.63, 3.8) is 0 Å². The first-order valence-corrected chi connectivity index (χ1v) is 15.0. The summed E-state index contributed by atoms with van der Waals surface area (Å²) in [5.74, 6) is -0.302. The molecular weight excluding hydrogens is 573 g/mol. The monoisotopic (exact) mass is 605 g/mol. The molecule has 0 radical (unpaired) electrons. The maximum atomic E-state index is 14.1. The van der Waals surface area contributed by atoms with E-state index in [1.54, 1.807) is 43.3 Å². The number of carbonyl (C=O) groups is 2. The summed E-state index contributed by atoms with van der Waals surface area (Å²) in [5, 5.41) is 3.24. The Morgan fingerprint density at radius 1 is 0.975 bits per heavy atom. The number of nitrogens with one attached hydrogen (secondary N) is 1. The highest BCUT2D eigenvalue weighted by atomic mass is 35.5. The highest BCUT2D eigenvalue weighted by Crippen LogP contribution is 2.33. The number of carbonyl (C=O) groups excluding carboxylic acids is 2. The maximum absolute atomic E-state index is 14.1. The number of halogens is 2. The van der Waals surface area contributed by atoms with Gasteiger partial charge in [0.2, 0.25) is 11.8 Å². The number of sulfonamides is 1. The zero-order chi connectivity index (χ0) is 29.3. The number of ether oxygens (including phenoxy) is 1. The van der Waals surface area contributed by atoms with E-state index in [-0.39, 0.29) is 28.1 Å². The van der Waals surface area contributed by atoms with E-state index in [1.807, 2.05) is 13.0 Å². The van der Waals surface area contributed by atoms with Crippen LogP contribution in [0.5, 0.6) is 5.75 Å². The zero-order valence-corrected chi connectivity index (χ0v) is 25.0. The van der Waals surface area contributed by atoms with E-state index in [9.17, 15) is 18.0 Å². The maximum Gasteiger partial charge on any atom is 0.264 e. The Hall–Kier alpha value is -3.27. The topological polar surface area (TPSA) is 96.0 Å². The molecule has 1 N–H and O–H groups in total. The van der Waals surface area contributed by atoms with Gasteiger partial charge in [-0.1, -0.05) is 67.4 Å². The molecule has 0 fully saturated rings. The van der Waals surface area contributed by atoms with Gasteiger partial charge in [0.1, 0.15) is 18.3 Å². The van der Waals surface area contributed by atoms with Gasteiger partial charge in [0.15, 0.2) is 0 Å². The molecule has 3 rings (SSSR count). The van der Waals surface area contributed by atoms with E-state index in [4.69, 9.17) is 27.9 Å². The normalized spacial score (nSPS) is 11.9. The first-order valence-electron chi connectivity index (χ1n) is 12.8. The molecule has 1 atom stereocenters. The van der Waals surface area contributed by atoms with Gasteiger partial charge in [-0.25, -0.2) is 8.42 Å². The molecule has 0 aliphatic heterocycles. The molecule has 40 heavy (non-hydrogen) atoms. The van der Waals surface area contributed by atoms with Crippen LogP contribution in [-0.4, -0.2) is 51.4 Å². The molecule has 0 saturated heterocycles. The third-order valence-corrected chi connectivity index (χ3v) is 8.52. The van der Waals surface area contributed by atoms with E-state index in [0.29, 0.717) is 23.7 Å². The Bertz CT molecular complexity index is 1420. The Kier molecular flexibility index (Phi) is 11.2. The third kappa shape index (κ3) is 7.68. The molecule has 2 amide bonds. The Morgan fingerprint density at radius 2 is 1.70 bits per heavy atom. The van der Waals surface area contributed by atoms with Crippen LogP contribution in [0.3, 0.4) is 0 Å². The van der Waals surface area contributed by atoms with E-state index in [1.165, 1.54) is 42.3 Å². The summed E-state index contributed by atoms with van der Waals surface area (Å²) in [4.78, 5) is 28.6. The first kappa shape index (κ1) is 31.3. The van der Waals surface area contributed by atoms with Gasteiger partial charge in [-0.3, -0.25) is 13.9 Å². The van der Waals surface area contributed by atoms with Crippen LogP contribution in [0.25, 0.3) is 0 Å². The van der Waals surface area contributed by atoms with E-state index < -0.39 is 28.5 Å². The smallest absolute Gasteiger partial charge is 0.264 e. The molecule has 0 aromatic heterocycles. The Labute approximate surface area is 245 Å². The number of hydrogen-bond donors (Lipinski definition) is 1. The number of amides is 2. The minimum absolute atomic E-state index is 0.0131. The summed E-state index contributed by atoms with van der Waals surface area (Å²) >= 11 is 12.5. The van der Waals surface area contributed by atoms with Crippen molar-refractivity contribution >= 4 is 50.7 Å². The number of anilines is 1. The molecule has 3 aromatic carbocycles. The second kappa shape index (κ2) is 14.4. The molecule has 0 aliphatic rings. The van der Waals surface area contributed by atoms with Crippen LogP contribution >= 0.6 is 23.2 Å². The lowest BCUT2D eigenvalue weighted by Gasteiger charge is -2.33. The molecule has 8 nitrogen and oxygen atoms in total. The van der Waals surface area contributed by atoms with Crippen LogP contribution in [0.1, 0.15) is 32.3 Å². The van der Waals surface area contributed by atoms with Crippen molar-refractivity contribution in [1.29, 1.82) is 0 Å². The highest BCUT2D eigenvalue weighted by molar-refractivity contribution is 7.92. The standard InChI is InChI=1S/C29H33Cl2N3O5S/c1-4-16-32-29(36)26(5-2)33(19-21-10-9-11-23(17-21)39-3)28(35)20-34(27-15-14-22(30)18-25(27)31)40(37,38)24-12-7-6-8-13-24/h6-15,17-18,26H,4-5,16,19-20H2,1-3H3,(H,32,36)/t26-/m1/s1. The van der Waals surface area contributed by atoms with Crippen LogP contribution in [0.2, 0.25) is 10.0 Å². The third-order valence-electron chi connectivity index (χ3n) is 6.21. The fraction of sp³-hybridized carbons (Fsp3) is 0.310. The van der Waals surface area contributed by atoms with Crippen molar-refractivity contribution in [3.05, 3.63) is 88.4 Å². The van der Waals surface area contributed by atoms with Gasteiger partial charge in [-0.2, -0.15) is 0 Å². The van der Waals surface area contributed by atoms with Gasteiger partial charge in [0.05, 0.1) is 22.7 Å². The zero-order valence-electron chi connectivity index (χ0n) is 22.6. The van der Waals surface area contributed by atoms with Crippen molar-refractivity contribution in [2.75, 3.05) is 24.5 Å². The molecule has 0 bridgehead atoms. The largest absolute Gasteiger partial charge is 0.497 e. The van der Waals surface area contributed by atoms with Crippen LogP contribution in [-0.2, 0) is 26.2 Å². The van der Waals surface area contributed by atoms with Crippen molar-refractivity contribution in [1.82, 2.24) is 10.2 Å². The SMILES string of the molecule is CCCNC(=O)[C@@H](CC)N(Cc1cccc(OC)c1)C(=O)CN(c1ccc(Cl)cc1Cl)S(=O)(=O)c1ccccc1. The van der Waals surface area contributed by atoms with Crippen molar-refractivity contribution in [3.8, 4) is 5.75 Å². The average Bonchev–Trinajstić information content (AvgIpc) is 2.95. The van der Waals surface area contributed by atoms with Gasteiger partial charge in [0, 0.05) is 18.1 Å². The van der Waals surface area contributed by atoms with E-state index in [2.05, 4.69) is 5.32 Å². The summed E-state index contributed by atoms with van der Waals surface area (Å²) in [6, 6.07) is 18.4. The van der Waals surface area contributed by atoms with Crippen LogP contribution in [0.4, 0.5) is 5.69 Å². The lowest BCUT2D eigenvalue weighted by atomic mass is 10.1. The number of benzene rings is 3. The lowest BCUT2D eigenvalue weighted by Crippen LogP contribution is -2.52. The van der Waals surface area contributed by atoms with Crippen molar-refractivity contribution in [2.24, 2.45) is 0 Å². The number of hydrogen-bond acceptors (Lipinski definition) is 5. The number of rotatable bonds is 13. The van der Waals surface area contributed by atoms with Crippen LogP contribution in [0.15, 0.2) is 77.7 Å². The van der Waals surface area contributed by atoms with Crippen molar-refractivity contribution < 1.29 is 22.7 Å². The second-order valence-electron chi connectivity index (χ2n) is 9.01. The highest BCUT2D eigenvalue weighted by Gasteiger charge is 2.34. The minimum Gasteiger partial charge on any atom is -0.497 e. The quantitative estimate of drug-likeness (QED) is 0.276. The predicted octanol–water partition coefficient (Wildman–Crippen LogP) is 5.53. The molecule has 0 heterocycles. The van der Waals surface area contributed by atoms with Gasteiger partial charge >= 0.3 is 0 Å². The lowest BCUT2D eigenvalue weighted by molar-refractivity contribution is -0.140. The molecule has 11 heteroatoms. The fourth-order valence-corrected chi connectivity index (χ4v) is 6.18. The van der Waals surface area contributed by atoms with Crippen LogP contribution < -0.4 is 14.4 Å². The van der Waals surface area contributed by atoms with Gasteiger partial charge in [-0.15, -0.1) is 0 Å². The summed E-state index contributed by atoms with van der Waals surface area (Å²) in [5.41, 5.74) is 0.810. The molecule has 0 saturated carbocycles. The van der Waals surface area contributed by atoms with Gasteiger partial charge < -0.3 is 15.0 Å². The molecular formula is C29H33Cl2N3O5S. The summed E-state index contributed by atoms with van der Waals surface area (Å²) in [6.45, 7) is 3.65. The van der Waals surface area contributed by atoms with Crippen molar-refractivity contribution in [2.45, 2.75) is 44.2 Å². The summed E-state index contributed by atoms with van der Waals surface area (Å²) in [7, 11) is -2.69. The number of nitrogens with zero attached hydrogens (tertiary/aromatic N) is 2. The first-order chi connectivity index (χ1) is 19.1. The molecule has 3 aromatic rings.